The number of rotatable bonds is 5. The molecule has 1 aromatic rings. The van der Waals surface area contributed by atoms with E-state index < -0.39 is 0 Å². The van der Waals surface area contributed by atoms with Gasteiger partial charge in [0.15, 0.2) is 0 Å². The number of hydrogen-bond donors (Lipinski definition) is 1. The third-order valence-corrected chi connectivity index (χ3v) is 4.37. The van der Waals surface area contributed by atoms with E-state index in [1.807, 2.05) is 31.2 Å². The van der Waals surface area contributed by atoms with Gasteiger partial charge in [0.05, 0.1) is 12.7 Å². The summed E-state index contributed by atoms with van der Waals surface area (Å²) in [5.74, 6) is 0.860. The monoisotopic (exact) mass is 248 g/mol. The van der Waals surface area contributed by atoms with Gasteiger partial charge in [-0.15, -0.1) is 0 Å². The highest BCUT2D eigenvalue weighted by Gasteiger charge is 2.39. The topological polar surface area (TPSA) is 29.5 Å². The van der Waals surface area contributed by atoms with E-state index in [4.69, 9.17) is 4.74 Å². The molecule has 0 aromatic heterocycles. The van der Waals surface area contributed by atoms with Crippen molar-refractivity contribution in [1.29, 1.82) is 0 Å². The SMILES string of the molecule is CCOc1cccc(C(O)C2(CC)CCCC2)c1. The Balaban J connectivity index is 2.21. The van der Waals surface area contributed by atoms with E-state index in [9.17, 15) is 5.11 Å². The van der Waals surface area contributed by atoms with Crippen LogP contribution in [-0.4, -0.2) is 11.7 Å². The molecule has 1 fully saturated rings. The summed E-state index contributed by atoms with van der Waals surface area (Å²) in [6.07, 6.45) is 5.47. The van der Waals surface area contributed by atoms with Crippen LogP contribution in [0.3, 0.4) is 0 Å². The maximum Gasteiger partial charge on any atom is 0.119 e. The molecule has 0 amide bonds. The number of aliphatic hydroxyl groups excluding tert-OH is 1. The molecule has 0 radical (unpaired) electrons. The summed E-state index contributed by atoms with van der Waals surface area (Å²) in [4.78, 5) is 0. The lowest BCUT2D eigenvalue weighted by Gasteiger charge is -2.33. The summed E-state index contributed by atoms with van der Waals surface area (Å²) < 4.78 is 5.51. The number of ether oxygens (including phenoxy) is 1. The maximum atomic E-state index is 10.7. The number of benzene rings is 1. The highest BCUT2D eigenvalue weighted by molar-refractivity contribution is 5.31. The van der Waals surface area contributed by atoms with Gasteiger partial charge in [0.1, 0.15) is 5.75 Å². The van der Waals surface area contributed by atoms with E-state index in [1.165, 1.54) is 12.8 Å². The largest absolute Gasteiger partial charge is 0.494 e. The first-order valence-corrected chi connectivity index (χ1v) is 7.12. The fourth-order valence-electron chi connectivity index (χ4n) is 3.19. The van der Waals surface area contributed by atoms with Crippen molar-refractivity contribution >= 4 is 0 Å². The molecule has 2 heteroatoms. The van der Waals surface area contributed by atoms with Gasteiger partial charge in [-0.1, -0.05) is 31.9 Å². The highest BCUT2D eigenvalue weighted by Crippen LogP contribution is 2.50. The van der Waals surface area contributed by atoms with Crippen molar-refractivity contribution in [1.82, 2.24) is 0 Å². The van der Waals surface area contributed by atoms with E-state index in [0.29, 0.717) is 6.61 Å². The van der Waals surface area contributed by atoms with Crippen LogP contribution in [-0.2, 0) is 0 Å². The molecule has 0 saturated heterocycles. The molecule has 2 nitrogen and oxygen atoms in total. The van der Waals surface area contributed by atoms with Crippen LogP contribution in [0.5, 0.6) is 5.75 Å². The van der Waals surface area contributed by atoms with Crippen LogP contribution in [0.2, 0.25) is 0 Å². The normalized spacial score (nSPS) is 19.7. The summed E-state index contributed by atoms with van der Waals surface area (Å²) in [6.45, 7) is 4.84. The molecule has 1 aliphatic carbocycles. The summed E-state index contributed by atoms with van der Waals surface area (Å²) in [5.41, 5.74) is 1.09. The molecule has 0 spiro atoms. The summed E-state index contributed by atoms with van der Waals surface area (Å²) >= 11 is 0. The average molecular weight is 248 g/mol. The first-order valence-electron chi connectivity index (χ1n) is 7.12. The second-order valence-electron chi connectivity index (χ2n) is 5.33. The summed E-state index contributed by atoms with van der Waals surface area (Å²) in [6, 6.07) is 7.93. The highest BCUT2D eigenvalue weighted by atomic mass is 16.5. The third-order valence-electron chi connectivity index (χ3n) is 4.37. The lowest BCUT2D eigenvalue weighted by Crippen LogP contribution is -2.25. The van der Waals surface area contributed by atoms with E-state index >= 15 is 0 Å². The molecule has 1 aliphatic rings. The zero-order valence-electron chi connectivity index (χ0n) is 11.5. The van der Waals surface area contributed by atoms with Crippen molar-refractivity contribution in [3.63, 3.8) is 0 Å². The third kappa shape index (κ3) is 2.54. The van der Waals surface area contributed by atoms with Crippen LogP contribution in [0.4, 0.5) is 0 Å². The lowest BCUT2D eigenvalue weighted by molar-refractivity contribution is 0.0236. The Hall–Kier alpha value is -1.02. The zero-order chi connectivity index (χ0) is 13.0. The van der Waals surface area contributed by atoms with Gasteiger partial charge in [-0.05, 0) is 43.9 Å². The Bertz CT molecular complexity index is 380. The minimum absolute atomic E-state index is 0.0881. The fraction of sp³-hybridized carbons (Fsp3) is 0.625. The Morgan fingerprint density at radius 3 is 2.61 bits per heavy atom. The predicted molar refractivity (Wildman–Crippen MR) is 73.8 cm³/mol. The molecule has 100 valence electrons. The molecule has 18 heavy (non-hydrogen) atoms. The molecule has 2 rings (SSSR count). The van der Waals surface area contributed by atoms with Crippen LogP contribution in [0.15, 0.2) is 24.3 Å². The number of aliphatic hydroxyl groups is 1. The molecule has 1 saturated carbocycles. The zero-order valence-corrected chi connectivity index (χ0v) is 11.5. The molecule has 0 heterocycles. The van der Waals surface area contributed by atoms with E-state index in [2.05, 4.69) is 6.92 Å². The Labute approximate surface area is 110 Å². The van der Waals surface area contributed by atoms with Gasteiger partial charge in [-0.2, -0.15) is 0 Å². The second kappa shape index (κ2) is 5.75. The van der Waals surface area contributed by atoms with Gasteiger partial charge >= 0.3 is 0 Å². The molecule has 1 N–H and O–H groups in total. The van der Waals surface area contributed by atoms with Crippen molar-refractivity contribution in [2.75, 3.05) is 6.61 Å². The van der Waals surface area contributed by atoms with E-state index in [-0.39, 0.29) is 11.5 Å². The Morgan fingerprint density at radius 1 is 1.28 bits per heavy atom. The summed E-state index contributed by atoms with van der Waals surface area (Å²) in [7, 11) is 0. The molecule has 1 aromatic carbocycles. The van der Waals surface area contributed by atoms with Crippen molar-refractivity contribution in [2.45, 2.75) is 52.1 Å². The van der Waals surface area contributed by atoms with Gasteiger partial charge in [0, 0.05) is 5.41 Å². The van der Waals surface area contributed by atoms with Crippen molar-refractivity contribution in [3.05, 3.63) is 29.8 Å². The molecular weight excluding hydrogens is 224 g/mol. The molecule has 1 atom stereocenters. The van der Waals surface area contributed by atoms with Gasteiger partial charge in [0.25, 0.3) is 0 Å². The standard InChI is InChI=1S/C16H24O2/c1-3-16(10-5-6-11-16)15(17)13-8-7-9-14(12-13)18-4-2/h7-9,12,15,17H,3-6,10-11H2,1-2H3. The van der Waals surface area contributed by atoms with Gasteiger partial charge in [0.2, 0.25) is 0 Å². The van der Waals surface area contributed by atoms with Crippen LogP contribution in [0, 0.1) is 5.41 Å². The quantitative estimate of drug-likeness (QED) is 0.850. The van der Waals surface area contributed by atoms with E-state index in [0.717, 1.165) is 30.6 Å². The van der Waals surface area contributed by atoms with Crippen molar-refractivity contribution in [3.8, 4) is 5.75 Å². The minimum atomic E-state index is -0.356. The maximum absolute atomic E-state index is 10.7. The Morgan fingerprint density at radius 2 is 2.00 bits per heavy atom. The molecular formula is C16H24O2. The van der Waals surface area contributed by atoms with Gasteiger partial charge < -0.3 is 9.84 Å². The van der Waals surface area contributed by atoms with Crippen LogP contribution in [0.1, 0.15) is 57.6 Å². The number of hydrogen-bond acceptors (Lipinski definition) is 2. The smallest absolute Gasteiger partial charge is 0.119 e. The van der Waals surface area contributed by atoms with Gasteiger partial charge in [-0.3, -0.25) is 0 Å². The van der Waals surface area contributed by atoms with Crippen LogP contribution < -0.4 is 4.74 Å². The van der Waals surface area contributed by atoms with Crippen molar-refractivity contribution < 1.29 is 9.84 Å². The van der Waals surface area contributed by atoms with E-state index in [1.54, 1.807) is 0 Å². The molecule has 0 bridgehead atoms. The fourth-order valence-corrected chi connectivity index (χ4v) is 3.19. The van der Waals surface area contributed by atoms with Crippen molar-refractivity contribution in [2.24, 2.45) is 5.41 Å². The minimum Gasteiger partial charge on any atom is -0.494 e. The van der Waals surface area contributed by atoms with Gasteiger partial charge in [-0.25, -0.2) is 0 Å². The molecule has 1 unspecified atom stereocenters. The van der Waals surface area contributed by atoms with Crippen LogP contribution >= 0.6 is 0 Å². The predicted octanol–water partition coefficient (Wildman–Crippen LogP) is 4.09. The Kier molecular flexibility index (Phi) is 4.28. The average Bonchev–Trinajstić information content (AvgIpc) is 2.88. The summed E-state index contributed by atoms with van der Waals surface area (Å²) in [5, 5.41) is 10.7. The second-order valence-corrected chi connectivity index (χ2v) is 5.33. The lowest BCUT2D eigenvalue weighted by atomic mass is 9.75. The first kappa shape index (κ1) is 13.4. The first-order chi connectivity index (χ1) is 8.72. The molecule has 0 aliphatic heterocycles. The van der Waals surface area contributed by atoms with Crippen LogP contribution in [0.25, 0.3) is 0 Å².